The summed E-state index contributed by atoms with van der Waals surface area (Å²) in [4.78, 5) is 12.7. The van der Waals surface area contributed by atoms with E-state index in [1.54, 1.807) is 18.9 Å². The molecule has 0 radical (unpaired) electrons. The molecular weight excluding hydrogens is 154 g/mol. The summed E-state index contributed by atoms with van der Waals surface area (Å²) in [6.45, 7) is 2.70. The number of nitrogens with zero attached hydrogens (tertiary/aromatic N) is 1. The molecule has 0 bridgehead atoms. The molecule has 1 rings (SSSR count). The number of halogens is 1. The predicted octanol–water partition coefficient (Wildman–Crippen LogP) is 0.430. The molecule has 1 aliphatic rings. The monoisotopic (exact) mass is 163 g/mol. The van der Waals surface area contributed by atoms with Crippen LogP contribution in [0, 0.1) is 0 Å². The van der Waals surface area contributed by atoms with Crippen LogP contribution in [0.1, 0.15) is 6.92 Å². The second-order valence-electron chi connectivity index (χ2n) is 2.49. The van der Waals surface area contributed by atoms with Gasteiger partial charge in [-0.3, -0.25) is 4.79 Å². The highest BCUT2D eigenvalue weighted by Gasteiger charge is 2.37. The Bertz CT molecular complexity index is 158. The summed E-state index contributed by atoms with van der Waals surface area (Å²) >= 11 is 5.70. The molecule has 1 unspecified atom stereocenters. The van der Waals surface area contributed by atoms with Gasteiger partial charge >= 0.3 is 0 Å². The molecule has 0 aromatic rings. The Morgan fingerprint density at radius 1 is 1.80 bits per heavy atom. The highest BCUT2D eigenvalue weighted by atomic mass is 35.5. The molecule has 1 amide bonds. The van der Waals surface area contributed by atoms with Gasteiger partial charge in [0.25, 0.3) is 5.91 Å². The predicted molar refractivity (Wildman–Crippen MR) is 37.8 cm³/mol. The van der Waals surface area contributed by atoms with E-state index in [2.05, 4.69) is 0 Å². The molecule has 1 fully saturated rings. The van der Waals surface area contributed by atoms with Crippen LogP contribution in [0.3, 0.4) is 0 Å². The zero-order valence-corrected chi connectivity index (χ0v) is 6.81. The average molecular weight is 164 g/mol. The van der Waals surface area contributed by atoms with Crippen molar-refractivity contribution >= 4 is 17.5 Å². The third-order valence-electron chi connectivity index (χ3n) is 1.53. The van der Waals surface area contributed by atoms with Crippen molar-refractivity contribution in [1.29, 1.82) is 0 Å². The lowest BCUT2D eigenvalue weighted by molar-refractivity contribution is -0.154. The number of alkyl halides is 1. The van der Waals surface area contributed by atoms with E-state index < -0.39 is 5.06 Å². The lowest BCUT2D eigenvalue weighted by atomic mass is 10.3. The maximum atomic E-state index is 11.1. The number of carbonyl (C=O) groups is 1. The highest BCUT2D eigenvalue weighted by Crippen LogP contribution is 2.21. The lowest BCUT2D eigenvalue weighted by Gasteiger charge is -2.32. The summed E-state index contributed by atoms with van der Waals surface area (Å²) in [7, 11) is 1.71. The lowest BCUT2D eigenvalue weighted by Crippen LogP contribution is -2.50. The number of hydrogen-bond acceptors (Lipinski definition) is 2. The molecule has 4 heteroatoms. The largest absolute Gasteiger partial charge is 0.349 e. The first kappa shape index (κ1) is 7.82. The Hall–Kier alpha value is -0.280. The fourth-order valence-electron chi connectivity index (χ4n) is 0.878. The first-order chi connectivity index (χ1) is 4.54. The first-order valence-electron chi connectivity index (χ1n) is 3.12. The Labute approximate surface area is 64.9 Å². The minimum atomic E-state index is -1.13. The summed E-state index contributed by atoms with van der Waals surface area (Å²) < 4.78 is 5.02. The molecule has 1 saturated heterocycles. The van der Waals surface area contributed by atoms with Crippen LogP contribution >= 0.6 is 11.6 Å². The second kappa shape index (κ2) is 2.40. The molecule has 10 heavy (non-hydrogen) atoms. The van der Waals surface area contributed by atoms with Crippen molar-refractivity contribution in [3.05, 3.63) is 0 Å². The summed E-state index contributed by atoms with van der Waals surface area (Å²) in [5, 5.41) is -1.13. The molecule has 58 valence electrons. The summed E-state index contributed by atoms with van der Waals surface area (Å²) in [6, 6.07) is 0. The third-order valence-corrected chi connectivity index (χ3v) is 1.80. The van der Waals surface area contributed by atoms with Gasteiger partial charge in [-0.2, -0.15) is 0 Å². The fourth-order valence-corrected chi connectivity index (χ4v) is 1.10. The Morgan fingerprint density at radius 2 is 2.40 bits per heavy atom. The molecule has 1 atom stereocenters. The van der Waals surface area contributed by atoms with Gasteiger partial charge in [-0.15, -0.1) is 0 Å². The number of ether oxygens (including phenoxy) is 1. The van der Waals surface area contributed by atoms with Crippen LogP contribution in [0.15, 0.2) is 0 Å². The Balaban J connectivity index is 2.70. The summed E-state index contributed by atoms with van der Waals surface area (Å²) in [5.41, 5.74) is 0. The number of carbonyl (C=O) groups excluding carboxylic acids is 1. The fraction of sp³-hybridized carbons (Fsp3) is 0.833. The number of likely N-dealkylation sites (N-methyl/N-ethyl adjacent to an activating group) is 1. The van der Waals surface area contributed by atoms with Crippen molar-refractivity contribution in [3.63, 3.8) is 0 Å². The van der Waals surface area contributed by atoms with Gasteiger partial charge in [0, 0.05) is 13.6 Å². The molecule has 0 aromatic heterocycles. The zero-order valence-electron chi connectivity index (χ0n) is 6.06. The molecule has 0 spiro atoms. The van der Waals surface area contributed by atoms with Crippen molar-refractivity contribution in [2.24, 2.45) is 0 Å². The van der Waals surface area contributed by atoms with Gasteiger partial charge in [0.05, 0.1) is 6.61 Å². The van der Waals surface area contributed by atoms with Crippen molar-refractivity contribution in [2.75, 3.05) is 20.2 Å². The zero-order chi connectivity index (χ0) is 7.78. The van der Waals surface area contributed by atoms with E-state index in [1.165, 1.54) is 0 Å². The van der Waals surface area contributed by atoms with Crippen molar-refractivity contribution < 1.29 is 9.53 Å². The standard InChI is InChI=1S/C6H10ClNO2/c1-6(7)5(9)8(2)3-4-10-6/h3-4H2,1-2H3. The van der Waals surface area contributed by atoms with Crippen LogP contribution < -0.4 is 0 Å². The van der Waals surface area contributed by atoms with Crippen molar-refractivity contribution in [2.45, 2.75) is 12.0 Å². The smallest absolute Gasteiger partial charge is 0.270 e. The first-order valence-corrected chi connectivity index (χ1v) is 3.50. The van der Waals surface area contributed by atoms with Gasteiger partial charge in [0.2, 0.25) is 5.06 Å². The SMILES string of the molecule is CN1CCOC(C)(Cl)C1=O. The molecule has 0 aliphatic carbocycles. The number of amides is 1. The maximum Gasteiger partial charge on any atom is 0.270 e. The molecule has 1 aliphatic heterocycles. The minimum Gasteiger partial charge on any atom is -0.349 e. The van der Waals surface area contributed by atoms with Gasteiger partial charge in [-0.25, -0.2) is 0 Å². The second-order valence-corrected chi connectivity index (χ2v) is 3.21. The van der Waals surface area contributed by atoms with E-state index in [1.807, 2.05) is 0 Å². The van der Waals surface area contributed by atoms with Crippen molar-refractivity contribution in [1.82, 2.24) is 4.90 Å². The van der Waals surface area contributed by atoms with Crippen LogP contribution in [-0.4, -0.2) is 36.1 Å². The van der Waals surface area contributed by atoms with E-state index in [0.29, 0.717) is 13.2 Å². The van der Waals surface area contributed by atoms with Gasteiger partial charge in [0.1, 0.15) is 0 Å². The van der Waals surface area contributed by atoms with Crippen LogP contribution in [0.2, 0.25) is 0 Å². The number of hydrogen-bond donors (Lipinski definition) is 0. The van der Waals surface area contributed by atoms with Crippen LogP contribution in [-0.2, 0) is 9.53 Å². The van der Waals surface area contributed by atoms with E-state index in [0.717, 1.165) is 0 Å². The van der Waals surface area contributed by atoms with E-state index >= 15 is 0 Å². The molecule has 1 heterocycles. The number of rotatable bonds is 0. The Morgan fingerprint density at radius 3 is 2.80 bits per heavy atom. The third kappa shape index (κ3) is 1.25. The Kier molecular flexibility index (Phi) is 1.88. The van der Waals surface area contributed by atoms with Crippen LogP contribution in [0.4, 0.5) is 0 Å². The van der Waals surface area contributed by atoms with Gasteiger partial charge in [-0.05, 0) is 6.92 Å². The molecule has 0 aromatic carbocycles. The van der Waals surface area contributed by atoms with Gasteiger partial charge in [0.15, 0.2) is 0 Å². The van der Waals surface area contributed by atoms with Gasteiger partial charge in [-0.1, -0.05) is 11.6 Å². The van der Waals surface area contributed by atoms with Crippen LogP contribution in [0.5, 0.6) is 0 Å². The van der Waals surface area contributed by atoms with Crippen molar-refractivity contribution in [3.8, 4) is 0 Å². The van der Waals surface area contributed by atoms with Gasteiger partial charge < -0.3 is 9.64 Å². The molecule has 0 N–H and O–H groups in total. The highest BCUT2D eigenvalue weighted by molar-refractivity contribution is 6.33. The minimum absolute atomic E-state index is 0.166. The average Bonchev–Trinajstić information content (AvgIpc) is 1.83. The quantitative estimate of drug-likeness (QED) is 0.485. The maximum absolute atomic E-state index is 11.1. The molecule has 0 saturated carbocycles. The normalized spacial score (nSPS) is 34.7. The van der Waals surface area contributed by atoms with E-state index in [-0.39, 0.29) is 5.91 Å². The summed E-state index contributed by atoms with van der Waals surface area (Å²) in [6.07, 6.45) is 0. The number of morpholine rings is 1. The molecular formula is C6H10ClNO2. The summed E-state index contributed by atoms with van der Waals surface area (Å²) in [5.74, 6) is -0.166. The molecule has 3 nitrogen and oxygen atoms in total. The topological polar surface area (TPSA) is 29.5 Å². The van der Waals surface area contributed by atoms with E-state index in [4.69, 9.17) is 16.3 Å². The van der Waals surface area contributed by atoms with Crippen LogP contribution in [0.25, 0.3) is 0 Å². The van der Waals surface area contributed by atoms with E-state index in [9.17, 15) is 4.79 Å².